The topological polar surface area (TPSA) is 37.3 Å². The number of carboxylic acids is 1. The van der Waals surface area contributed by atoms with E-state index in [1.54, 1.807) is 0 Å². The zero-order valence-corrected chi connectivity index (χ0v) is 7.03. The summed E-state index contributed by atoms with van der Waals surface area (Å²) in [7, 11) is 0. The van der Waals surface area contributed by atoms with Gasteiger partial charge in [0.05, 0.1) is 0 Å². The third kappa shape index (κ3) is 4.89. The molecule has 0 saturated carbocycles. The minimum absolute atomic E-state index is 0.504. The summed E-state index contributed by atoms with van der Waals surface area (Å²) >= 11 is 10.8. The monoisotopic (exact) mass is 184 g/mol. The number of carboxylic acid groups (broad SMARTS) is 1. The Labute approximate surface area is 70.1 Å². The molecule has 0 saturated heterocycles. The van der Waals surface area contributed by atoms with Gasteiger partial charge in [0.15, 0.2) is 0 Å². The van der Waals surface area contributed by atoms with Crippen LogP contribution in [0.2, 0.25) is 0 Å². The van der Waals surface area contributed by atoms with Crippen molar-refractivity contribution in [3.63, 3.8) is 0 Å². The lowest BCUT2D eigenvalue weighted by Gasteiger charge is -2.00. The molecule has 0 bridgehead atoms. The largest absolute Gasteiger partial charge is 0.480 e. The van der Waals surface area contributed by atoms with Crippen molar-refractivity contribution in [3.8, 4) is 0 Å². The maximum absolute atomic E-state index is 10.1. The van der Waals surface area contributed by atoms with E-state index in [4.69, 9.17) is 28.3 Å². The van der Waals surface area contributed by atoms with Gasteiger partial charge in [0.25, 0.3) is 0 Å². The van der Waals surface area contributed by atoms with Crippen molar-refractivity contribution < 1.29 is 9.90 Å². The van der Waals surface area contributed by atoms with Crippen LogP contribution in [-0.2, 0) is 4.79 Å². The molecule has 0 aliphatic heterocycles. The lowest BCUT2D eigenvalue weighted by molar-refractivity contribution is -0.136. The van der Waals surface area contributed by atoms with Crippen LogP contribution in [0.1, 0.15) is 19.3 Å². The van der Waals surface area contributed by atoms with Crippen molar-refractivity contribution in [2.24, 2.45) is 0 Å². The highest BCUT2D eigenvalue weighted by Gasteiger charge is 2.11. The molecule has 0 aromatic rings. The van der Waals surface area contributed by atoms with Crippen molar-refractivity contribution in [2.45, 2.75) is 24.6 Å². The van der Waals surface area contributed by atoms with Crippen LogP contribution in [0.25, 0.3) is 0 Å². The van der Waals surface area contributed by atoms with E-state index in [2.05, 4.69) is 0 Å². The lowest BCUT2D eigenvalue weighted by atomic mass is 10.2. The van der Waals surface area contributed by atoms with Gasteiger partial charge in [-0.2, -0.15) is 0 Å². The first kappa shape index (κ1) is 10.0. The molecule has 2 nitrogen and oxygen atoms in total. The fraction of sp³-hybridized carbons (Fsp3) is 0.833. The minimum atomic E-state index is -0.948. The summed E-state index contributed by atoms with van der Waals surface area (Å²) in [4.78, 5) is 10.1. The van der Waals surface area contributed by atoms with Crippen LogP contribution >= 0.6 is 23.2 Å². The van der Waals surface area contributed by atoms with Crippen LogP contribution in [-0.4, -0.2) is 22.3 Å². The van der Waals surface area contributed by atoms with Gasteiger partial charge in [-0.1, -0.05) is 6.42 Å². The van der Waals surface area contributed by atoms with Gasteiger partial charge in [0.1, 0.15) is 5.38 Å². The second kappa shape index (κ2) is 5.81. The Morgan fingerprint density at radius 1 is 1.50 bits per heavy atom. The van der Waals surface area contributed by atoms with Crippen LogP contribution in [0.5, 0.6) is 0 Å². The molecule has 60 valence electrons. The van der Waals surface area contributed by atoms with Gasteiger partial charge >= 0.3 is 5.97 Å². The van der Waals surface area contributed by atoms with E-state index in [-0.39, 0.29) is 0 Å². The fourth-order valence-corrected chi connectivity index (χ4v) is 0.885. The Bertz CT molecular complexity index is 106. The first-order chi connectivity index (χ1) is 4.68. The molecular weight excluding hydrogens is 175 g/mol. The summed E-state index contributed by atoms with van der Waals surface area (Å²) in [5.74, 6) is -0.375. The molecule has 0 spiro atoms. The van der Waals surface area contributed by atoms with Crippen molar-refractivity contribution in [1.29, 1.82) is 0 Å². The summed E-state index contributed by atoms with van der Waals surface area (Å²) in [5, 5.41) is 7.57. The third-order valence-electron chi connectivity index (χ3n) is 1.11. The highest BCUT2D eigenvalue weighted by Crippen LogP contribution is 2.07. The number of alkyl halides is 2. The van der Waals surface area contributed by atoms with Crippen molar-refractivity contribution in [1.82, 2.24) is 0 Å². The normalized spacial score (nSPS) is 13.0. The molecule has 0 fully saturated rings. The zero-order valence-electron chi connectivity index (χ0n) is 5.52. The van der Waals surface area contributed by atoms with Crippen LogP contribution in [0.4, 0.5) is 0 Å². The zero-order chi connectivity index (χ0) is 7.98. The van der Waals surface area contributed by atoms with Crippen LogP contribution < -0.4 is 0 Å². The van der Waals surface area contributed by atoms with Gasteiger partial charge in [-0.15, -0.1) is 23.2 Å². The highest BCUT2D eigenvalue weighted by atomic mass is 35.5. The smallest absolute Gasteiger partial charge is 0.321 e. The molecule has 1 unspecified atom stereocenters. The second-order valence-electron chi connectivity index (χ2n) is 1.99. The van der Waals surface area contributed by atoms with E-state index >= 15 is 0 Å². The number of unbranched alkanes of at least 4 members (excludes halogenated alkanes) is 1. The minimum Gasteiger partial charge on any atom is -0.480 e. The predicted octanol–water partition coefficient (Wildman–Crippen LogP) is 2.09. The first-order valence-corrected chi connectivity index (χ1v) is 4.08. The van der Waals surface area contributed by atoms with Gasteiger partial charge in [-0.25, -0.2) is 0 Å². The summed E-state index contributed by atoms with van der Waals surface area (Å²) in [6.07, 6.45) is 2.12. The Kier molecular flexibility index (Phi) is 5.84. The average molecular weight is 185 g/mol. The van der Waals surface area contributed by atoms with E-state index in [0.717, 1.165) is 12.8 Å². The standard InChI is InChI=1S/C6H10Cl2O2/c7-4-2-1-3-5(8)6(9)10/h5H,1-4H2,(H,9,10). The van der Waals surface area contributed by atoms with Crippen LogP contribution in [0.15, 0.2) is 0 Å². The average Bonchev–Trinajstić information content (AvgIpc) is 1.88. The molecular formula is C6H10Cl2O2. The molecule has 0 aliphatic carbocycles. The van der Waals surface area contributed by atoms with Gasteiger partial charge in [0.2, 0.25) is 0 Å². The number of hydrogen-bond acceptors (Lipinski definition) is 1. The summed E-state index contributed by atoms with van der Waals surface area (Å²) in [6, 6.07) is 0. The molecule has 0 heterocycles. The number of halogens is 2. The number of aliphatic carboxylic acids is 1. The molecule has 0 aromatic carbocycles. The summed E-state index contributed by atoms with van der Waals surface area (Å²) in [6.45, 7) is 0. The maximum atomic E-state index is 10.1. The maximum Gasteiger partial charge on any atom is 0.321 e. The molecule has 1 atom stereocenters. The second-order valence-corrected chi connectivity index (χ2v) is 2.90. The molecule has 4 heteroatoms. The van der Waals surface area contributed by atoms with Gasteiger partial charge in [0, 0.05) is 5.88 Å². The van der Waals surface area contributed by atoms with Crippen molar-refractivity contribution >= 4 is 29.2 Å². The molecule has 0 rings (SSSR count). The van der Waals surface area contributed by atoms with Crippen LogP contribution in [0.3, 0.4) is 0 Å². The Morgan fingerprint density at radius 3 is 2.50 bits per heavy atom. The highest BCUT2D eigenvalue weighted by molar-refractivity contribution is 6.29. The predicted molar refractivity (Wildman–Crippen MR) is 41.8 cm³/mol. The fourth-order valence-electron chi connectivity index (χ4n) is 0.542. The number of hydrogen-bond donors (Lipinski definition) is 1. The van der Waals surface area contributed by atoms with Crippen molar-refractivity contribution in [2.75, 3.05) is 5.88 Å². The Balaban J connectivity index is 3.21. The summed E-state index contributed by atoms with van der Waals surface area (Å²) in [5.41, 5.74) is 0. The lowest BCUT2D eigenvalue weighted by Crippen LogP contribution is -2.12. The molecule has 10 heavy (non-hydrogen) atoms. The molecule has 0 radical (unpaired) electrons. The van der Waals surface area contributed by atoms with E-state index in [0.29, 0.717) is 12.3 Å². The van der Waals surface area contributed by atoms with Gasteiger partial charge < -0.3 is 5.11 Å². The van der Waals surface area contributed by atoms with Gasteiger partial charge in [-0.05, 0) is 12.8 Å². The van der Waals surface area contributed by atoms with E-state index in [1.807, 2.05) is 0 Å². The Hall–Kier alpha value is 0.0500. The molecule has 1 N–H and O–H groups in total. The van der Waals surface area contributed by atoms with Crippen LogP contribution in [0, 0.1) is 0 Å². The van der Waals surface area contributed by atoms with Gasteiger partial charge in [-0.3, -0.25) is 4.79 Å². The van der Waals surface area contributed by atoms with E-state index in [9.17, 15) is 4.79 Å². The van der Waals surface area contributed by atoms with Crippen molar-refractivity contribution in [3.05, 3.63) is 0 Å². The van der Waals surface area contributed by atoms with E-state index in [1.165, 1.54) is 0 Å². The SMILES string of the molecule is O=C(O)C(Cl)CCCCCl. The third-order valence-corrected chi connectivity index (χ3v) is 1.78. The quantitative estimate of drug-likeness (QED) is 0.525. The van der Waals surface area contributed by atoms with E-state index < -0.39 is 11.3 Å². The molecule has 0 aromatic heterocycles. The molecule has 0 aliphatic rings. The number of carbonyl (C=O) groups is 1. The Morgan fingerprint density at radius 2 is 2.10 bits per heavy atom. The molecule has 0 amide bonds. The number of rotatable bonds is 5. The summed E-state index contributed by atoms with van der Waals surface area (Å²) < 4.78 is 0. The first-order valence-electron chi connectivity index (χ1n) is 3.11.